The van der Waals surface area contributed by atoms with Gasteiger partial charge < -0.3 is 14.2 Å². The monoisotopic (exact) mass is 305 g/mol. The maximum atomic E-state index is 6.02. The zero-order valence-electron chi connectivity index (χ0n) is 13.6. The summed E-state index contributed by atoms with van der Waals surface area (Å²) < 4.78 is 17.5. The molecule has 2 fully saturated rings. The van der Waals surface area contributed by atoms with E-state index in [4.69, 9.17) is 14.2 Å². The molecular weight excluding hydrogens is 278 g/mol. The van der Waals surface area contributed by atoms with Crippen molar-refractivity contribution < 1.29 is 14.2 Å². The van der Waals surface area contributed by atoms with Gasteiger partial charge in [0.2, 0.25) is 0 Å². The van der Waals surface area contributed by atoms with Gasteiger partial charge in [0.25, 0.3) is 0 Å². The number of rotatable bonds is 7. The van der Waals surface area contributed by atoms with Gasteiger partial charge in [-0.25, -0.2) is 0 Å². The van der Waals surface area contributed by atoms with Crippen LogP contribution >= 0.6 is 0 Å². The van der Waals surface area contributed by atoms with Crippen LogP contribution in [0.4, 0.5) is 0 Å². The molecule has 0 aromatic heterocycles. The molecule has 122 valence electrons. The van der Waals surface area contributed by atoms with Crippen LogP contribution < -0.4 is 0 Å². The van der Waals surface area contributed by atoms with E-state index in [1.54, 1.807) is 0 Å². The minimum absolute atomic E-state index is 0.101. The van der Waals surface area contributed by atoms with Gasteiger partial charge in [0.1, 0.15) is 6.23 Å². The van der Waals surface area contributed by atoms with Gasteiger partial charge in [0, 0.05) is 25.7 Å². The largest absolute Gasteiger partial charge is 0.361 e. The second kappa shape index (κ2) is 7.55. The molecule has 22 heavy (non-hydrogen) atoms. The lowest BCUT2D eigenvalue weighted by Gasteiger charge is -2.31. The molecule has 3 atom stereocenters. The van der Waals surface area contributed by atoms with Crippen molar-refractivity contribution in [2.75, 3.05) is 19.8 Å². The molecule has 2 aliphatic heterocycles. The number of hydrogen-bond acceptors (Lipinski definition) is 4. The summed E-state index contributed by atoms with van der Waals surface area (Å²) in [5.74, 6) is 0. The predicted octanol–water partition coefficient (Wildman–Crippen LogP) is 3.34. The van der Waals surface area contributed by atoms with Crippen LogP contribution in [-0.2, 0) is 14.2 Å². The van der Waals surface area contributed by atoms with Gasteiger partial charge >= 0.3 is 0 Å². The second-order valence-corrected chi connectivity index (χ2v) is 5.97. The van der Waals surface area contributed by atoms with Crippen LogP contribution in [0.1, 0.15) is 44.7 Å². The molecule has 4 heteroatoms. The number of hydrogen-bond donors (Lipinski definition) is 0. The van der Waals surface area contributed by atoms with Crippen molar-refractivity contribution in [2.24, 2.45) is 0 Å². The highest BCUT2D eigenvalue weighted by molar-refractivity contribution is 5.21. The van der Waals surface area contributed by atoms with Gasteiger partial charge in [-0.2, -0.15) is 0 Å². The molecule has 1 aromatic rings. The van der Waals surface area contributed by atoms with Gasteiger partial charge in [0.05, 0.1) is 12.6 Å². The van der Waals surface area contributed by atoms with E-state index in [1.807, 2.05) is 13.8 Å². The Morgan fingerprint density at radius 1 is 1.14 bits per heavy atom. The van der Waals surface area contributed by atoms with Crippen LogP contribution in [-0.4, -0.2) is 43.3 Å². The molecule has 1 aromatic carbocycles. The Hall–Kier alpha value is -0.940. The summed E-state index contributed by atoms with van der Waals surface area (Å²) in [7, 11) is 0. The number of ether oxygens (including phenoxy) is 3. The molecule has 0 unspecified atom stereocenters. The molecule has 0 spiro atoms. The first-order valence-corrected chi connectivity index (χ1v) is 8.50. The summed E-state index contributed by atoms with van der Waals surface area (Å²) >= 11 is 0. The van der Waals surface area contributed by atoms with Crippen molar-refractivity contribution in [2.45, 2.75) is 57.7 Å². The summed E-state index contributed by atoms with van der Waals surface area (Å²) in [5, 5.41) is 0. The molecule has 0 amide bonds. The number of fused-ring (bicyclic) bond motifs is 1. The topological polar surface area (TPSA) is 30.9 Å². The highest BCUT2D eigenvalue weighted by Gasteiger charge is 2.44. The zero-order chi connectivity index (χ0) is 15.4. The van der Waals surface area contributed by atoms with E-state index in [-0.39, 0.29) is 12.5 Å². The quantitative estimate of drug-likeness (QED) is 0.723. The van der Waals surface area contributed by atoms with Gasteiger partial charge in [-0.05, 0) is 32.3 Å². The molecule has 0 aliphatic carbocycles. The van der Waals surface area contributed by atoms with Crippen LogP contribution in [0.3, 0.4) is 0 Å². The smallest absolute Gasteiger partial charge is 0.159 e. The number of benzene rings is 1. The Morgan fingerprint density at radius 3 is 2.55 bits per heavy atom. The van der Waals surface area contributed by atoms with Crippen LogP contribution in [0.25, 0.3) is 0 Å². The number of nitrogens with zero attached hydrogens (tertiary/aromatic N) is 1. The fraction of sp³-hybridized carbons (Fsp3) is 0.667. The van der Waals surface area contributed by atoms with E-state index in [2.05, 4.69) is 35.2 Å². The Balaban J connectivity index is 1.70. The van der Waals surface area contributed by atoms with E-state index in [0.29, 0.717) is 25.3 Å². The summed E-state index contributed by atoms with van der Waals surface area (Å²) in [4.78, 5) is 2.54. The predicted molar refractivity (Wildman–Crippen MR) is 85.4 cm³/mol. The normalized spacial score (nSPS) is 28.4. The first kappa shape index (κ1) is 15.9. The molecule has 0 saturated carbocycles. The standard InChI is InChI=1S/C18H27NO3/c1-3-20-18(21-4-2)12-15-10-11-17-19(15)16(13-22-17)14-8-6-5-7-9-14/h5-9,15-18H,3-4,10-13H2,1-2H3/t15-,16+,17+/m1/s1. The SMILES string of the molecule is CCOC(C[C@H]1CC[C@@H]2OC[C@@H](c3ccccc3)N12)OCC. The third-order valence-electron chi connectivity index (χ3n) is 4.66. The fourth-order valence-corrected chi connectivity index (χ4v) is 3.74. The lowest BCUT2D eigenvalue weighted by atomic mass is 10.0. The molecule has 0 radical (unpaired) electrons. The first-order valence-electron chi connectivity index (χ1n) is 8.50. The summed E-state index contributed by atoms with van der Waals surface area (Å²) in [6, 6.07) is 11.5. The minimum atomic E-state index is -0.101. The maximum Gasteiger partial charge on any atom is 0.159 e. The van der Waals surface area contributed by atoms with Crippen molar-refractivity contribution in [3.63, 3.8) is 0 Å². The van der Waals surface area contributed by atoms with Crippen LogP contribution in [0.2, 0.25) is 0 Å². The van der Waals surface area contributed by atoms with E-state index >= 15 is 0 Å². The lowest BCUT2D eigenvalue weighted by molar-refractivity contribution is -0.148. The van der Waals surface area contributed by atoms with E-state index < -0.39 is 0 Å². The van der Waals surface area contributed by atoms with Gasteiger partial charge in [0.15, 0.2) is 6.29 Å². The van der Waals surface area contributed by atoms with Crippen molar-refractivity contribution >= 4 is 0 Å². The molecule has 2 heterocycles. The third-order valence-corrected chi connectivity index (χ3v) is 4.66. The summed E-state index contributed by atoms with van der Waals surface area (Å²) in [6.45, 7) is 6.22. The average molecular weight is 305 g/mol. The highest BCUT2D eigenvalue weighted by atomic mass is 16.7. The molecule has 0 bridgehead atoms. The van der Waals surface area contributed by atoms with Crippen LogP contribution in [0, 0.1) is 0 Å². The molecule has 2 saturated heterocycles. The Bertz CT molecular complexity index is 447. The highest BCUT2D eigenvalue weighted by Crippen LogP contribution is 2.41. The molecule has 4 nitrogen and oxygen atoms in total. The van der Waals surface area contributed by atoms with Gasteiger partial charge in [-0.15, -0.1) is 0 Å². The van der Waals surface area contributed by atoms with Crippen molar-refractivity contribution in [3.05, 3.63) is 35.9 Å². The van der Waals surface area contributed by atoms with E-state index in [0.717, 1.165) is 25.9 Å². The van der Waals surface area contributed by atoms with Crippen molar-refractivity contribution in [3.8, 4) is 0 Å². The Labute approximate surface area is 133 Å². The van der Waals surface area contributed by atoms with Crippen molar-refractivity contribution in [1.82, 2.24) is 4.90 Å². The fourth-order valence-electron chi connectivity index (χ4n) is 3.74. The second-order valence-electron chi connectivity index (χ2n) is 5.97. The lowest BCUT2D eigenvalue weighted by Crippen LogP contribution is -2.37. The molecule has 0 N–H and O–H groups in total. The molecular formula is C18H27NO3. The Kier molecular flexibility index (Phi) is 5.47. The zero-order valence-corrected chi connectivity index (χ0v) is 13.6. The van der Waals surface area contributed by atoms with E-state index in [9.17, 15) is 0 Å². The average Bonchev–Trinajstić information content (AvgIpc) is 3.12. The van der Waals surface area contributed by atoms with Crippen LogP contribution in [0.15, 0.2) is 30.3 Å². The van der Waals surface area contributed by atoms with Crippen molar-refractivity contribution in [1.29, 1.82) is 0 Å². The first-order chi connectivity index (χ1) is 10.8. The molecule has 3 rings (SSSR count). The van der Waals surface area contributed by atoms with Crippen LogP contribution in [0.5, 0.6) is 0 Å². The minimum Gasteiger partial charge on any atom is -0.361 e. The Morgan fingerprint density at radius 2 is 1.86 bits per heavy atom. The van der Waals surface area contributed by atoms with Gasteiger partial charge in [-0.1, -0.05) is 30.3 Å². The summed E-state index contributed by atoms with van der Waals surface area (Å²) in [6.07, 6.45) is 3.35. The van der Waals surface area contributed by atoms with Gasteiger partial charge in [-0.3, -0.25) is 4.90 Å². The summed E-state index contributed by atoms with van der Waals surface area (Å²) in [5.41, 5.74) is 1.35. The van der Waals surface area contributed by atoms with E-state index in [1.165, 1.54) is 5.56 Å². The maximum absolute atomic E-state index is 6.02. The molecule has 2 aliphatic rings. The third kappa shape index (κ3) is 3.35.